The molecular formula is C21H31ClN4O2. The summed E-state index contributed by atoms with van der Waals surface area (Å²) >= 11 is 0. The molecule has 0 radical (unpaired) electrons. The number of aryl methyl sites for hydroxylation is 1. The molecular weight excluding hydrogens is 376 g/mol. The summed E-state index contributed by atoms with van der Waals surface area (Å²) < 4.78 is 5.52. The van der Waals surface area contributed by atoms with E-state index >= 15 is 0 Å². The number of halogens is 1. The van der Waals surface area contributed by atoms with Gasteiger partial charge in [0.15, 0.2) is 0 Å². The van der Waals surface area contributed by atoms with Crippen molar-refractivity contribution in [1.29, 1.82) is 0 Å². The van der Waals surface area contributed by atoms with Gasteiger partial charge in [0.25, 0.3) is 11.6 Å². The van der Waals surface area contributed by atoms with Gasteiger partial charge in [-0.1, -0.05) is 18.5 Å². The smallest absolute Gasteiger partial charge is 0.259 e. The van der Waals surface area contributed by atoms with Gasteiger partial charge in [-0.25, -0.2) is 4.98 Å². The fourth-order valence-electron chi connectivity index (χ4n) is 4.14. The third-order valence-corrected chi connectivity index (χ3v) is 5.95. The van der Waals surface area contributed by atoms with Gasteiger partial charge in [0.1, 0.15) is 0 Å². The zero-order valence-corrected chi connectivity index (χ0v) is 17.7. The standard InChI is InChI=1S/C21H30N4O2.ClH/c1-3-4-17-19-16(13-18(15-5-6-15)23-20(19)27-24-17)21(26)25-11-8-14(9-12-25)7-10-22-2;/h13-15,22H,3-12H2,1-2H3;1H. The van der Waals surface area contributed by atoms with Crippen LogP contribution in [0.3, 0.4) is 0 Å². The summed E-state index contributed by atoms with van der Waals surface area (Å²) in [6, 6.07) is 2.02. The van der Waals surface area contributed by atoms with Crippen LogP contribution in [-0.2, 0) is 6.42 Å². The fourth-order valence-corrected chi connectivity index (χ4v) is 4.14. The molecule has 2 aliphatic rings. The highest BCUT2D eigenvalue weighted by Crippen LogP contribution is 2.41. The summed E-state index contributed by atoms with van der Waals surface area (Å²) in [7, 11) is 2.00. The van der Waals surface area contributed by atoms with Gasteiger partial charge >= 0.3 is 0 Å². The normalized spacial score (nSPS) is 17.7. The third-order valence-electron chi connectivity index (χ3n) is 5.95. The summed E-state index contributed by atoms with van der Waals surface area (Å²) in [4.78, 5) is 20.1. The molecule has 0 bridgehead atoms. The van der Waals surface area contributed by atoms with Crippen LogP contribution in [0.4, 0.5) is 0 Å². The number of aromatic nitrogens is 2. The minimum Gasteiger partial charge on any atom is -0.339 e. The number of amides is 1. The van der Waals surface area contributed by atoms with Crippen molar-refractivity contribution in [2.75, 3.05) is 26.7 Å². The van der Waals surface area contributed by atoms with Crippen LogP contribution in [0.2, 0.25) is 0 Å². The number of hydrogen-bond donors (Lipinski definition) is 1. The van der Waals surface area contributed by atoms with Crippen molar-refractivity contribution in [3.05, 3.63) is 23.0 Å². The molecule has 154 valence electrons. The quantitative estimate of drug-likeness (QED) is 0.754. The monoisotopic (exact) mass is 406 g/mol. The Morgan fingerprint density at radius 3 is 2.68 bits per heavy atom. The van der Waals surface area contributed by atoms with Crippen LogP contribution >= 0.6 is 12.4 Å². The molecule has 3 heterocycles. The Morgan fingerprint density at radius 1 is 1.29 bits per heavy atom. The van der Waals surface area contributed by atoms with E-state index in [9.17, 15) is 4.79 Å². The van der Waals surface area contributed by atoms with Crippen molar-refractivity contribution in [2.45, 2.75) is 57.8 Å². The van der Waals surface area contributed by atoms with E-state index in [0.717, 1.165) is 80.5 Å². The zero-order valence-electron chi connectivity index (χ0n) is 16.9. The second-order valence-electron chi connectivity index (χ2n) is 8.06. The maximum atomic E-state index is 13.4. The van der Waals surface area contributed by atoms with Gasteiger partial charge in [-0.3, -0.25) is 4.79 Å². The molecule has 0 spiro atoms. The SMILES string of the molecule is CCCc1noc2nc(C3CC3)cc(C(=O)N3CCC(CCNC)CC3)c12.Cl. The van der Waals surface area contributed by atoms with Crippen LogP contribution in [-0.4, -0.2) is 47.6 Å². The Bertz CT molecular complexity index is 810. The van der Waals surface area contributed by atoms with Crippen LogP contribution in [0.1, 0.15) is 73.1 Å². The Morgan fingerprint density at radius 2 is 2.04 bits per heavy atom. The second-order valence-corrected chi connectivity index (χ2v) is 8.06. The summed E-state index contributed by atoms with van der Waals surface area (Å²) in [6.45, 7) is 4.84. The largest absolute Gasteiger partial charge is 0.339 e. The lowest BCUT2D eigenvalue weighted by Gasteiger charge is -2.32. The number of carbonyl (C=O) groups is 1. The van der Waals surface area contributed by atoms with Crippen molar-refractivity contribution in [1.82, 2.24) is 20.4 Å². The lowest BCUT2D eigenvalue weighted by atomic mass is 9.93. The third kappa shape index (κ3) is 4.33. The minimum atomic E-state index is 0. The highest BCUT2D eigenvalue weighted by molar-refractivity contribution is 6.06. The Hall–Kier alpha value is -1.66. The van der Waals surface area contributed by atoms with Gasteiger partial charge < -0.3 is 14.7 Å². The molecule has 1 saturated carbocycles. The maximum Gasteiger partial charge on any atom is 0.259 e. The summed E-state index contributed by atoms with van der Waals surface area (Å²) in [5.74, 6) is 1.32. The predicted octanol–water partition coefficient (Wildman–Crippen LogP) is 3.94. The molecule has 2 fully saturated rings. The number of carbonyl (C=O) groups excluding carboxylic acids is 1. The maximum absolute atomic E-state index is 13.4. The minimum absolute atomic E-state index is 0. The first-order chi connectivity index (χ1) is 13.2. The van der Waals surface area contributed by atoms with E-state index in [0.29, 0.717) is 17.5 Å². The van der Waals surface area contributed by atoms with E-state index in [-0.39, 0.29) is 18.3 Å². The number of rotatable bonds is 7. The van der Waals surface area contributed by atoms with E-state index < -0.39 is 0 Å². The average molecular weight is 407 g/mol. The van der Waals surface area contributed by atoms with Crippen LogP contribution in [0.5, 0.6) is 0 Å². The zero-order chi connectivity index (χ0) is 18.8. The van der Waals surface area contributed by atoms with Crippen molar-refractivity contribution >= 4 is 29.4 Å². The molecule has 1 N–H and O–H groups in total. The average Bonchev–Trinajstić information content (AvgIpc) is 3.48. The van der Waals surface area contributed by atoms with Gasteiger partial charge in [-0.15, -0.1) is 12.4 Å². The van der Waals surface area contributed by atoms with Crippen LogP contribution in [0.25, 0.3) is 11.1 Å². The lowest BCUT2D eigenvalue weighted by Crippen LogP contribution is -2.39. The van der Waals surface area contributed by atoms with Crippen LogP contribution < -0.4 is 5.32 Å². The van der Waals surface area contributed by atoms with Gasteiger partial charge in [-0.05, 0) is 64.1 Å². The topological polar surface area (TPSA) is 71.3 Å². The Balaban J connectivity index is 0.00000225. The number of nitrogens with zero attached hydrogens (tertiary/aromatic N) is 3. The number of piperidine rings is 1. The lowest BCUT2D eigenvalue weighted by molar-refractivity contribution is 0.0689. The van der Waals surface area contributed by atoms with Crippen molar-refractivity contribution < 1.29 is 9.32 Å². The second kappa shape index (κ2) is 9.23. The molecule has 0 aromatic carbocycles. The Kier molecular flexibility index (Phi) is 6.94. The van der Waals surface area contributed by atoms with Gasteiger partial charge in [0.2, 0.25) is 0 Å². The highest BCUT2D eigenvalue weighted by atomic mass is 35.5. The summed E-state index contributed by atoms with van der Waals surface area (Å²) in [5, 5.41) is 8.29. The van der Waals surface area contributed by atoms with Crippen molar-refractivity contribution in [3.8, 4) is 0 Å². The molecule has 28 heavy (non-hydrogen) atoms. The molecule has 0 unspecified atom stereocenters. The molecule has 0 atom stereocenters. The molecule has 6 nitrogen and oxygen atoms in total. The van der Waals surface area contributed by atoms with Crippen LogP contribution in [0.15, 0.2) is 10.6 Å². The first-order valence-corrected chi connectivity index (χ1v) is 10.4. The molecule has 7 heteroatoms. The molecule has 1 amide bonds. The molecule has 1 aliphatic heterocycles. The number of pyridine rings is 1. The first-order valence-electron chi connectivity index (χ1n) is 10.4. The molecule has 4 rings (SSSR count). The van der Waals surface area contributed by atoms with E-state index in [2.05, 4.69) is 22.4 Å². The fraction of sp³-hybridized carbons (Fsp3) is 0.667. The number of nitrogens with one attached hydrogen (secondary N) is 1. The van der Waals surface area contributed by atoms with E-state index in [1.165, 1.54) is 6.42 Å². The first kappa shape index (κ1) is 21.1. The number of fused-ring (bicyclic) bond motifs is 1. The highest BCUT2D eigenvalue weighted by Gasteiger charge is 2.31. The van der Waals surface area contributed by atoms with Gasteiger partial charge in [0.05, 0.1) is 16.6 Å². The predicted molar refractivity (Wildman–Crippen MR) is 112 cm³/mol. The van der Waals surface area contributed by atoms with E-state index in [1.807, 2.05) is 18.0 Å². The van der Waals surface area contributed by atoms with Crippen molar-refractivity contribution in [2.24, 2.45) is 5.92 Å². The van der Waals surface area contributed by atoms with Gasteiger partial charge in [-0.2, -0.15) is 0 Å². The number of hydrogen-bond acceptors (Lipinski definition) is 5. The molecule has 1 saturated heterocycles. The molecule has 2 aromatic heterocycles. The summed E-state index contributed by atoms with van der Waals surface area (Å²) in [5.41, 5.74) is 3.15. The number of likely N-dealkylation sites (tertiary alicyclic amines) is 1. The van der Waals surface area contributed by atoms with E-state index in [4.69, 9.17) is 4.52 Å². The molecule has 1 aliphatic carbocycles. The molecule has 2 aromatic rings. The van der Waals surface area contributed by atoms with E-state index in [1.54, 1.807) is 0 Å². The Labute approximate surface area is 172 Å². The van der Waals surface area contributed by atoms with Gasteiger partial charge in [0, 0.05) is 24.7 Å². The van der Waals surface area contributed by atoms with Crippen molar-refractivity contribution in [3.63, 3.8) is 0 Å². The van der Waals surface area contributed by atoms with Crippen LogP contribution in [0, 0.1) is 5.92 Å². The summed E-state index contributed by atoms with van der Waals surface area (Å²) in [6.07, 6.45) is 7.44.